The second-order valence-corrected chi connectivity index (χ2v) is 7.96. The van der Waals surface area contributed by atoms with Crippen molar-refractivity contribution in [2.24, 2.45) is 11.3 Å². The number of carbonyl (C=O) groups excluding carboxylic acids is 2. The van der Waals surface area contributed by atoms with Crippen molar-refractivity contribution in [3.05, 3.63) is 64.5 Å². The first-order valence-corrected chi connectivity index (χ1v) is 9.47. The molecule has 1 aliphatic heterocycles. The highest BCUT2D eigenvalue weighted by Gasteiger charge is 2.41. The maximum atomic E-state index is 13.0. The molecule has 0 fully saturated rings. The summed E-state index contributed by atoms with van der Waals surface area (Å²) in [5, 5.41) is 3.33. The predicted octanol–water partition coefficient (Wildman–Crippen LogP) is 4.40. The maximum absolute atomic E-state index is 13.0. The monoisotopic (exact) mass is 365 g/mol. The zero-order valence-corrected chi connectivity index (χ0v) is 16.5. The molecule has 1 heterocycles. The molecule has 0 saturated heterocycles. The van der Waals surface area contributed by atoms with E-state index in [0.717, 1.165) is 23.4 Å². The van der Waals surface area contributed by atoms with Gasteiger partial charge in [-0.3, -0.25) is 4.79 Å². The van der Waals surface area contributed by atoms with Crippen LogP contribution in [0.25, 0.3) is 6.08 Å². The molecule has 27 heavy (non-hydrogen) atoms. The third kappa shape index (κ3) is 4.05. The largest absolute Gasteiger partial charge is 0.463 e. The Labute approximate surface area is 161 Å². The van der Waals surface area contributed by atoms with Crippen LogP contribution < -0.4 is 5.32 Å². The first-order valence-electron chi connectivity index (χ1n) is 9.47. The van der Waals surface area contributed by atoms with Gasteiger partial charge in [0.05, 0.1) is 12.2 Å². The minimum Gasteiger partial charge on any atom is -0.463 e. The fourth-order valence-corrected chi connectivity index (χ4v) is 3.93. The summed E-state index contributed by atoms with van der Waals surface area (Å²) >= 11 is 0. The van der Waals surface area contributed by atoms with Gasteiger partial charge in [-0.1, -0.05) is 56.3 Å². The molecule has 0 spiro atoms. The highest BCUT2D eigenvalue weighted by Crippen LogP contribution is 2.43. The van der Waals surface area contributed by atoms with E-state index in [1.807, 2.05) is 49.4 Å². The Kier molecular flexibility index (Phi) is 5.36. The van der Waals surface area contributed by atoms with Crippen LogP contribution in [0, 0.1) is 11.3 Å². The number of nitrogens with one attached hydrogen (secondary N) is 1. The van der Waals surface area contributed by atoms with Crippen LogP contribution in [-0.4, -0.2) is 18.4 Å². The van der Waals surface area contributed by atoms with Gasteiger partial charge in [-0.05, 0) is 31.2 Å². The van der Waals surface area contributed by atoms with Gasteiger partial charge in [0.1, 0.15) is 0 Å². The number of carbonyl (C=O) groups is 2. The van der Waals surface area contributed by atoms with Crippen LogP contribution in [-0.2, 0) is 14.3 Å². The summed E-state index contributed by atoms with van der Waals surface area (Å²) < 4.78 is 5.29. The van der Waals surface area contributed by atoms with Gasteiger partial charge in [-0.2, -0.15) is 0 Å². The summed E-state index contributed by atoms with van der Waals surface area (Å²) in [7, 11) is 0. The second-order valence-electron chi connectivity index (χ2n) is 7.96. The number of allylic oxidation sites excluding steroid dienone is 4. The first kappa shape index (κ1) is 19.2. The number of esters is 1. The highest BCUT2D eigenvalue weighted by atomic mass is 16.5. The standard InChI is InChI=1S/C23H27NO3/c1-5-27-22(26)20-15(2)24-18-13-23(3,4)14-19(25)21(18)17(20)12-11-16-9-7-6-8-10-16/h6-12,17,24H,5,13-14H2,1-4H3. The molecular formula is C23H27NO3. The molecule has 0 bridgehead atoms. The lowest BCUT2D eigenvalue weighted by Crippen LogP contribution is -2.39. The lowest BCUT2D eigenvalue weighted by Gasteiger charge is -2.38. The van der Waals surface area contributed by atoms with Crippen molar-refractivity contribution in [3.8, 4) is 0 Å². The van der Waals surface area contributed by atoms with Gasteiger partial charge in [-0.25, -0.2) is 4.79 Å². The molecule has 4 heteroatoms. The van der Waals surface area contributed by atoms with Crippen molar-refractivity contribution in [1.82, 2.24) is 5.32 Å². The summed E-state index contributed by atoms with van der Waals surface area (Å²) in [4.78, 5) is 25.6. The number of hydrogen-bond donors (Lipinski definition) is 1. The number of Topliss-reactive ketones (excluding diaryl/α,β-unsaturated/α-hetero) is 1. The molecule has 1 aliphatic carbocycles. The second kappa shape index (κ2) is 7.55. The average Bonchev–Trinajstić information content (AvgIpc) is 2.59. The van der Waals surface area contributed by atoms with Gasteiger partial charge in [0.25, 0.3) is 0 Å². The predicted molar refractivity (Wildman–Crippen MR) is 106 cm³/mol. The van der Waals surface area contributed by atoms with Crippen LogP contribution in [0.4, 0.5) is 0 Å². The van der Waals surface area contributed by atoms with E-state index < -0.39 is 0 Å². The Morgan fingerprint density at radius 1 is 1.26 bits per heavy atom. The first-order chi connectivity index (χ1) is 12.8. The Morgan fingerprint density at radius 2 is 1.96 bits per heavy atom. The third-order valence-corrected chi connectivity index (χ3v) is 5.06. The Hall–Kier alpha value is -2.62. The zero-order chi connectivity index (χ0) is 19.6. The molecule has 3 rings (SSSR count). The summed E-state index contributed by atoms with van der Waals surface area (Å²) in [6, 6.07) is 9.89. The van der Waals surface area contributed by atoms with Gasteiger partial charge < -0.3 is 10.1 Å². The van der Waals surface area contributed by atoms with Crippen molar-refractivity contribution < 1.29 is 14.3 Å². The minimum absolute atomic E-state index is 0.0850. The molecule has 142 valence electrons. The van der Waals surface area contributed by atoms with Crippen LogP contribution >= 0.6 is 0 Å². The quantitative estimate of drug-likeness (QED) is 0.804. The molecule has 1 atom stereocenters. The molecular weight excluding hydrogens is 338 g/mol. The van der Waals surface area contributed by atoms with Crippen molar-refractivity contribution in [2.75, 3.05) is 6.61 Å². The molecule has 4 nitrogen and oxygen atoms in total. The lowest BCUT2D eigenvalue weighted by atomic mass is 9.70. The van der Waals surface area contributed by atoms with Gasteiger partial charge in [0.2, 0.25) is 0 Å². The van der Waals surface area contributed by atoms with Gasteiger partial charge in [0, 0.05) is 29.3 Å². The lowest BCUT2D eigenvalue weighted by molar-refractivity contribution is -0.139. The van der Waals surface area contributed by atoms with E-state index in [2.05, 4.69) is 19.2 Å². The Morgan fingerprint density at radius 3 is 2.63 bits per heavy atom. The van der Waals surface area contributed by atoms with E-state index in [-0.39, 0.29) is 23.1 Å². The molecule has 2 aliphatic rings. The Bertz CT molecular complexity index is 844. The number of rotatable bonds is 4. The van der Waals surface area contributed by atoms with E-state index in [9.17, 15) is 9.59 Å². The zero-order valence-electron chi connectivity index (χ0n) is 16.5. The van der Waals surface area contributed by atoms with Gasteiger partial charge in [-0.15, -0.1) is 0 Å². The fourth-order valence-electron chi connectivity index (χ4n) is 3.93. The number of benzene rings is 1. The van der Waals surface area contributed by atoms with Crippen LogP contribution in [0.1, 0.15) is 46.1 Å². The number of ether oxygens (including phenoxy) is 1. The van der Waals surface area contributed by atoms with E-state index in [4.69, 9.17) is 4.74 Å². The number of dihydropyridines is 1. The molecule has 0 aromatic heterocycles. The summed E-state index contributed by atoms with van der Waals surface area (Å²) in [5.74, 6) is -0.649. The summed E-state index contributed by atoms with van der Waals surface area (Å²) in [6.07, 6.45) is 5.20. The SMILES string of the molecule is CCOC(=O)C1=C(C)NC2=C(C(=O)CC(C)(C)C2)C1C=Cc1ccccc1. The molecule has 1 N–H and O–H groups in total. The van der Waals surface area contributed by atoms with E-state index in [1.54, 1.807) is 6.92 Å². The van der Waals surface area contributed by atoms with Crippen molar-refractivity contribution >= 4 is 17.8 Å². The summed E-state index contributed by atoms with van der Waals surface area (Å²) in [5.41, 5.74) is 3.87. The maximum Gasteiger partial charge on any atom is 0.336 e. The smallest absolute Gasteiger partial charge is 0.336 e. The normalized spacial score (nSPS) is 21.9. The van der Waals surface area contributed by atoms with Crippen LogP contribution in [0.5, 0.6) is 0 Å². The van der Waals surface area contributed by atoms with Crippen LogP contribution in [0.2, 0.25) is 0 Å². The molecule has 0 radical (unpaired) electrons. The van der Waals surface area contributed by atoms with Crippen LogP contribution in [0.3, 0.4) is 0 Å². The van der Waals surface area contributed by atoms with Crippen molar-refractivity contribution in [1.29, 1.82) is 0 Å². The molecule has 1 aromatic carbocycles. The topological polar surface area (TPSA) is 55.4 Å². The molecule has 1 unspecified atom stereocenters. The van der Waals surface area contributed by atoms with Gasteiger partial charge >= 0.3 is 5.97 Å². The molecule has 0 saturated carbocycles. The highest BCUT2D eigenvalue weighted by molar-refractivity contribution is 6.03. The number of ketones is 1. The van der Waals surface area contributed by atoms with E-state index in [0.29, 0.717) is 24.2 Å². The number of hydrogen-bond acceptors (Lipinski definition) is 4. The summed E-state index contributed by atoms with van der Waals surface area (Å²) in [6.45, 7) is 8.18. The van der Waals surface area contributed by atoms with Crippen LogP contribution in [0.15, 0.2) is 58.9 Å². The molecule has 0 amide bonds. The Balaban J connectivity index is 2.06. The average molecular weight is 365 g/mol. The molecule has 1 aromatic rings. The van der Waals surface area contributed by atoms with Crippen molar-refractivity contribution in [2.45, 2.75) is 40.5 Å². The third-order valence-electron chi connectivity index (χ3n) is 5.06. The van der Waals surface area contributed by atoms with E-state index >= 15 is 0 Å². The minimum atomic E-state index is -0.385. The van der Waals surface area contributed by atoms with E-state index in [1.165, 1.54) is 0 Å². The van der Waals surface area contributed by atoms with Crippen molar-refractivity contribution in [3.63, 3.8) is 0 Å². The van der Waals surface area contributed by atoms with Gasteiger partial charge in [0.15, 0.2) is 5.78 Å². The fraction of sp³-hybridized carbons (Fsp3) is 0.391.